The van der Waals surface area contributed by atoms with Crippen molar-refractivity contribution in [3.8, 4) is 11.3 Å². The molecule has 1 N–H and O–H groups in total. The summed E-state index contributed by atoms with van der Waals surface area (Å²) in [6.07, 6.45) is 3.18. The van der Waals surface area contributed by atoms with Crippen LogP contribution >= 0.6 is 11.6 Å². The molecule has 0 aliphatic heterocycles. The number of aryl methyl sites for hydroxylation is 2. The number of oxazole rings is 1. The van der Waals surface area contributed by atoms with Gasteiger partial charge in [-0.1, -0.05) is 48.0 Å². The molecule has 0 spiro atoms. The fourth-order valence-electron chi connectivity index (χ4n) is 3.18. The van der Waals surface area contributed by atoms with Gasteiger partial charge in [0.05, 0.1) is 12.7 Å². The van der Waals surface area contributed by atoms with Gasteiger partial charge in [0.1, 0.15) is 0 Å². The van der Waals surface area contributed by atoms with E-state index in [0.29, 0.717) is 48.2 Å². The second-order valence-electron chi connectivity index (χ2n) is 7.25. The number of halogens is 1. The molecule has 3 rings (SSSR count). The molecule has 0 aliphatic rings. The van der Waals surface area contributed by atoms with E-state index in [1.165, 1.54) is 0 Å². The van der Waals surface area contributed by atoms with E-state index in [2.05, 4.69) is 10.3 Å². The van der Waals surface area contributed by atoms with Crippen LogP contribution in [0.2, 0.25) is 5.02 Å². The van der Waals surface area contributed by atoms with Gasteiger partial charge >= 0.3 is 0 Å². The van der Waals surface area contributed by atoms with Crippen LogP contribution in [0.4, 0.5) is 5.69 Å². The number of benzene rings is 2. The fraction of sp³-hybridized carbons (Fsp3) is 0.292. The van der Waals surface area contributed by atoms with Crippen LogP contribution in [0, 0.1) is 6.92 Å². The Morgan fingerprint density at radius 2 is 1.94 bits per heavy atom. The van der Waals surface area contributed by atoms with Gasteiger partial charge in [0.25, 0.3) is 0 Å². The van der Waals surface area contributed by atoms with E-state index in [-0.39, 0.29) is 18.4 Å². The number of nitrogens with one attached hydrogen (secondary N) is 1. The summed E-state index contributed by atoms with van der Waals surface area (Å²) < 4.78 is 5.78. The van der Waals surface area contributed by atoms with E-state index in [4.69, 9.17) is 16.0 Å². The molecule has 0 saturated carbocycles. The number of hydrogen-bond acceptors (Lipinski definition) is 4. The summed E-state index contributed by atoms with van der Waals surface area (Å²) >= 11 is 6.00. The molecule has 2 aromatic carbocycles. The molecule has 7 heteroatoms. The highest BCUT2D eigenvalue weighted by Crippen LogP contribution is 2.21. The van der Waals surface area contributed by atoms with Crippen molar-refractivity contribution in [3.63, 3.8) is 0 Å². The maximum atomic E-state index is 12.6. The zero-order valence-corrected chi connectivity index (χ0v) is 18.5. The van der Waals surface area contributed by atoms with Gasteiger partial charge in [-0.15, -0.1) is 0 Å². The SMILES string of the molecule is CCN(CC(=O)Nc1cc(Cl)ccc1C)C(=O)CCCc1ncc(-c2ccccc2)o1. The number of carbonyl (C=O) groups is 2. The first kappa shape index (κ1) is 22.6. The lowest BCUT2D eigenvalue weighted by Gasteiger charge is -2.20. The molecule has 0 radical (unpaired) electrons. The Morgan fingerprint density at radius 1 is 1.16 bits per heavy atom. The molecule has 0 saturated heterocycles. The number of hydrogen-bond donors (Lipinski definition) is 1. The molecule has 0 fully saturated rings. The predicted molar refractivity (Wildman–Crippen MR) is 122 cm³/mol. The van der Waals surface area contributed by atoms with Crippen LogP contribution in [0.1, 0.15) is 31.2 Å². The standard InChI is InChI=1S/C24H26ClN3O3/c1-3-28(16-22(29)27-20-14-19(25)13-12-17(20)2)24(30)11-7-10-23-26-15-21(31-23)18-8-5-4-6-9-18/h4-6,8-9,12-15H,3,7,10-11,16H2,1-2H3,(H,27,29). The molecule has 0 aliphatic carbocycles. The lowest BCUT2D eigenvalue weighted by molar-refractivity contribution is -0.134. The molecule has 3 aromatic rings. The Labute approximate surface area is 187 Å². The van der Waals surface area contributed by atoms with Gasteiger partial charge in [0, 0.05) is 35.7 Å². The van der Waals surface area contributed by atoms with Gasteiger partial charge < -0.3 is 14.6 Å². The molecule has 0 atom stereocenters. The molecular formula is C24H26ClN3O3. The molecule has 6 nitrogen and oxygen atoms in total. The summed E-state index contributed by atoms with van der Waals surface area (Å²) in [7, 11) is 0. The van der Waals surface area contributed by atoms with E-state index in [1.54, 1.807) is 23.2 Å². The monoisotopic (exact) mass is 439 g/mol. The van der Waals surface area contributed by atoms with Gasteiger partial charge in [-0.05, 0) is 38.0 Å². The number of anilines is 1. The number of carbonyl (C=O) groups excluding carboxylic acids is 2. The number of aromatic nitrogens is 1. The Bertz CT molecular complexity index is 1030. The first-order chi connectivity index (χ1) is 15.0. The van der Waals surface area contributed by atoms with Gasteiger partial charge in [0.2, 0.25) is 11.8 Å². The van der Waals surface area contributed by atoms with Crippen molar-refractivity contribution in [3.05, 3.63) is 71.2 Å². The zero-order valence-electron chi connectivity index (χ0n) is 17.7. The Balaban J connectivity index is 1.48. The van der Waals surface area contributed by atoms with Crippen molar-refractivity contribution < 1.29 is 14.0 Å². The quantitative estimate of drug-likeness (QED) is 0.502. The number of rotatable bonds is 9. The second-order valence-corrected chi connectivity index (χ2v) is 7.69. The lowest BCUT2D eigenvalue weighted by atomic mass is 10.2. The molecule has 1 aromatic heterocycles. The molecule has 0 unspecified atom stereocenters. The highest BCUT2D eigenvalue weighted by molar-refractivity contribution is 6.31. The number of nitrogens with zero attached hydrogens (tertiary/aromatic N) is 2. The number of amides is 2. The highest BCUT2D eigenvalue weighted by atomic mass is 35.5. The van der Waals surface area contributed by atoms with Gasteiger partial charge in [-0.2, -0.15) is 0 Å². The second kappa shape index (κ2) is 10.8. The first-order valence-corrected chi connectivity index (χ1v) is 10.7. The topological polar surface area (TPSA) is 75.4 Å². The van der Waals surface area contributed by atoms with Crippen LogP contribution in [0.15, 0.2) is 59.1 Å². The van der Waals surface area contributed by atoms with E-state index in [1.807, 2.05) is 50.2 Å². The van der Waals surface area contributed by atoms with Crippen LogP contribution < -0.4 is 5.32 Å². The lowest BCUT2D eigenvalue weighted by Crippen LogP contribution is -2.37. The summed E-state index contributed by atoms with van der Waals surface area (Å²) in [6, 6.07) is 15.1. The average Bonchev–Trinajstić information content (AvgIpc) is 3.24. The largest absolute Gasteiger partial charge is 0.441 e. The van der Waals surface area contributed by atoms with Gasteiger partial charge in [0.15, 0.2) is 11.7 Å². The minimum Gasteiger partial charge on any atom is -0.441 e. The summed E-state index contributed by atoms with van der Waals surface area (Å²) in [6.45, 7) is 4.20. The van der Waals surface area contributed by atoms with Crippen molar-refractivity contribution in [2.45, 2.75) is 33.1 Å². The van der Waals surface area contributed by atoms with E-state index in [9.17, 15) is 9.59 Å². The highest BCUT2D eigenvalue weighted by Gasteiger charge is 2.16. The fourth-order valence-corrected chi connectivity index (χ4v) is 3.35. The van der Waals surface area contributed by atoms with Gasteiger partial charge in [-0.3, -0.25) is 9.59 Å². The van der Waals surface area contributed by atoms with Crippen LogP contribution in [-0.4, -0.2) is 34.8 Å². The van der Waals surface area contributed by atoms with E-state index in [0.717, 1.165) is 11.1 Å². The average molecular weight is 440 g/mol. The molecule has 2 amide bonds. The minimum atomic E-state index is -0.249. The van der Waals surface area contributed by atoms with Gasteiger partial charge in [-0.25, -0.2) is 4.98 Å². The van der Waals surface area contributed by atoms with E-state index < -0.39 is 0 Å². The first-order valence-electron chi connectivity index (χ1n) is 10.3. The Kier molecular flexibility index (Phi) is 7.84. The normalized spacial score (nSPS) is 10.7. The van der Waals surface area contributed by atoms with E-state index >= 15 is 0 Å². The molecular weight excluding hydrogens is 414 g/mol. The minimum absolute atomic E-state index is 0.00154. The maximum absolute atomic E-state index is 12.6. The third-order valence-electron chi connectivity index (χ3n) is 4.94. The number of likely N-dealkylation sites (N-methyl/N-ethyl adjacent to an activating group) is 1. The summed E-state index contributed by atoms with van der Waals surface area (Å²) in [5.41, 5.74) is 2.53. The Morgan fingerprint density at radius 3 is 2.68 bits per heavy atom. The van der Waals surface area contributed by atoms with Crippen LogP contribution in [0.25, 0.3) is 11.3 Å². The Hall–Kier alpha value is -3.12. The summed E-state index contributed by atoms with van der Waals surface area (Å²) in [5, 5.41) is 3.38. The molecule has 162 valence electrons. The predicted octanol–water partition coefficient (Wildman–Crippen LogP) is 5.11. The molecule has 31 heavy (non-hydrogen) atoms. The van der Waals surface area contributed by atoms with Crippen molar-refractivity contribution >= 4 is 29.1 Å². The third kappa shape index (κ3) is 6.43. The van der Waals surface area contributed by atoms with Crippen molar-refractivity contribution in [2.75, 3.05) is 18.4 Å². The summed E-state index contributed by atoms with van der Waals surface area (Å²) in [5.74, 6) is 0.991. The van der Waals surface area contributed by atoms with Crippen LogP contribution in [0.5, 0.6) is 0 Å². The van der Waals surface area contributed by atoms with Crippen LogP contribution in [-0.2, 0) is 16.0 Å². The van der Waals surface area contributed by atoms with Crippen molar-refractivity contribution in [2.24, 2.45) is 0 Å². The summed E-state index contributed by atoms with van der Waals surface area (Å²) in [4.78, 5) is 30.8. The molecule has 0 bridgehead atoms. The van der Waals surface area contributed by atoms with Crippen molar-refractivity contribution in [1.29, 1.82) is 0 Å². The third-order valence-corrected chi connectivity index (χ3v) is 5.17. The zero-order chi connectivity index (χ0) is 22.2. The molecule has 1 heterocycles. The smallest absolute Gasteiger partial charge is 0.244 e. The van der Waals surface area contributed by atoms with Crippen molar-refractivity contribution in [1.82, 2.24) is 9.88 Å². The maximum Gasteiger partial charge on any atom is 0.244 e. The van der Waals surface area contributed by atoms with Crippen LogP contribution in [0.3, 0.4) is 0 Å².